The molecule has 1 heterocycles. The van der Waals surface area contributed by atoms with Gasteiger partial charge < -0.3 is 10.6 Å². The molecule has 5 heteroatoms. The Morgan fingerprint density at radius 3 is 2.78 bits per heavy atom. The lowest BCUT2D eigenvalue weighted by atomic mass is 10.1. The van der Waals surface area contributed by atoms with Crippen molar-refractivity contribution in [3.05, 3.63) is 64.4 Å². The summed E-state index contributed by atoms with van der Waals surface area (Å²) in [4.78, 5) is 8.57. The van der Waals surface area contributed by atoms with E-state index in [2.05, 4.69) is 39.7 Å². The summed E-state index contributed by atoms with van der Waals surface area (Å²) in [6.07, 6.45) is 2.82. The van der Waals surface area contributed by atoms with E-state index in [1.165, 1.54) is 5.56 Å². The van der Waals surface area contributed by atoms with Crippen LogP contribution in [0.5, 0.6) is 0 Å². The number of halogens is 1. The zero-order chi connectivity index (χ0) is 16.7. The predicted octanol–water partition coefficient (Wildman–Crippen LogP) is 3.51. The van der Waals surface area contributed by atoms with Gasteiger partial charge in [-0.05, 0) is 49.6 Å². The molecule has 0 saturated carbocycles. The predicted molar refractivity (Wildman–Crippen MR) is 97.0 cm³/mol. The highest BCUT2D eigenvalue weighted by molar-refractivity contribution is 6.30. The van der Waals surface area contributed by atoms with Gasteiger partial charge in [-0.1, -0.05) is 29.8 Å². The van der Waals surface area contributed by atoms with Crippen LogP contribution in [0, 0.1) is 6.92 Å². The summed E-state index contributed by atoms with van der Waals surface area (Å²) >= 11 is 6.04. The number of pyridine rings is 1. The van der Waals surface area contributed by atoms with Crippen LogP contribution in [0.25, 0.3) is 0 Å². The number of benzene rings is 1. The van der Waals surface area contributed by atoms with Crippen LogP contribution in [-0.2, 0) is 6.42 Å². The summed E-state index contributed by atoms with van der Waals surface area (Å²) < 4.78 is 0. The summed E-state index contributed by atoms with van der Waals surface area (Å²) in [5.74, 6) is 0.776. The average molecular weight is 331 g/mol. The van der Waals surface area contributed by atoms with Gasteiger partial charge in [0.05, 0.1) is 6.04 Å². The van der Waals surface area contributed by atoms with Crippen LogP contribution in [0.15, 0.2) is 47.6 Å². The maximum atomic E-state index is 6.04. The molecule has 122 valence electrons. The summed E-state index contributed by atoms with van der Waals surface area (Å²) in [6, 6.07) is 12.1. The topological polar surface area (TPSA) is 49.3 Å². The zero-order valence-electron chi connectivity index (χ0n) is 13.8. The molecule has 0 spiro atoms. The van der Waals surface area contributed by atoms with Crippen LogP contribution in [-0.4, -0.2) is 24.5 Å². The number of nitrogens with one attached hydrogen (secondary N) is 2. The van der Waals surface area contributed by atoms with Gasteiger partial charge >= 0.3 is 0 Å². The van der Waals surface area contributed by atoms with Gasteiger partial charge in [0.2, 0.25) is 0 Å². The molecule has 0 bridgehead atoms. The van der Waals surface area contributed by atoms with Crippen molar-refractivity contribution < 1.29 is 0 Å². The zero-order valence-corrected chi connectivity index (χ0v) is 14.6. The van der Waals surface area contributed by atoms with Gasteiger partial charge in [-0.3, -0.25) is 9.98 Å². The molecule has 0 saturated heterocycles. The van der Waals surface area contributed by atoms with Crippen molar-refractivity contribution in [2.24, 2.45) is 4.99 Å². The Morgan fingerprint density at radius 2 is 2.13 bits per heavy atom. The quantitative estimate of drug-likeness (QED) is 0.651. The summed E-state index contributed by atoms with van der Waals surface area (Å²) in [5, 5.41) is 7.44. The first-order valence-electron chi connectivity index (χ1n) is 7.72. The SMILES string of the molecule is CN=C(NCCc1ccc(C)nc1)NC(C)c1cccc(Cl)c1. The standard InChI is InChI=1S/C18H23ClN4/c1-13-7-8-15(12-22-13)9-10-21-18(20-3)23-14(2)16-5-4-6-17(19)11-16/h4-8,11-12,14H,9-10H2,1-3H3,(H2,20,21,23). The largest absolute Gasteiger partial charge is 0.356 e. The van der Waals surface area contributed by atoms with Crippen LogP contribution in [0.1, 0.15) is 29.8 Å². The fraction of sp³-hybridized carbons (Fsp3) is 0.333. The van der Waals surface area contributed by atoms with Crippen molar-refractivity contribution >= 4 is 17.6 Å². The highest BCUT2D eigenvalue weighted by Crippen LogP contribution is 2.17. The normalized spacial score (nSPS) is 12.8. The fourth-order valence-electron chi connectivity index (χ4n) is 2.23. The Balaban J connectivity index is 1.84. The van der Waals surface area contributed by atoms with E-state index in [1.807, 2.05) is 37.4 Å². The molecule has 2 rings (SSSR count). The molecule has 1 atom stereocenters. The fourth-order valence-corrected chi connectivity index (χ4v) is 2.43. The molecule has 1 aromatic carbocycles. The van der Waals surface area contributed by atoms with Crippen molar-refractivity contribution in [3.8, 4) is 0 Å². The molecule has 1 aromatic heterocycles. The number of aliphatic imine (C=N–C) groups is 1. The Bertz CT molecular complexity index is 652. The van der Waals surface area contributed by atoms with E-state index in [0.717, 1.165) is 35.2 Å². The molecule has 0 aliphatic heterocycles. The van der Waals surface area contributed by atoms with Crippen molar-refractivity contribution in [1.29, 1.82) is 0 Å². The second kappa shape index (κ2) is 8.53. The van der Waals surface area contributed by atoms with Crippen LogP contribution in [0.3, 0.4) is 0 Å². The van der Waals surface area contributed by atoms with E-state index < -0.39 is 0 Å². The molecule has 0 radical (unpaired) electrons. The molecule has 1 unspecified atom stereocenters. The van der Waals surface area contributed by atoms with Crippen molar-refractivity contribution in [1.82, 2.24) is 15.6 Å². The molecule has 2 aromatic rings. The number of aryl methyl sites for hydroxylation is 1. The van der Waals surface area contributed by atoms with Gasteiger partial charge in [-0.15, -0.1) is 0 Å². The Hall–Kier alpha value is -2.07. The number of hydrogen-bond donors (Lipinski definition) is 2. The third-order valence-corrected chi connectivity index (χ3v) is 3.84. The molecule has 0 aliphatic rings. The number of rotatable bonds is 5. The first-order chi connectivity index (χ1) is 11.1. The monoisotopic (exact) mass is 330 g/mol. The average Bonchev–Trinajstić information content (AvgIpc) is 2.55. The highest BCUT2D eigenvalue weighted by atomic mass is 35.5. The molecular weight excluding hydrogens is 308 g/mol. The van der Waals surface area contributed by atoms with Crippen LogP contribution in [0.2, 0.25) is 5.02 Å². The Labute approximate surface area is 143 Å². The molecule has 0 fully saturated rings. The second-order valence-electron chi connectivity index (χ2n) is 5.48. The Morgan fingerprint density at radius 1 is 1.30 bits per heavy atom. The maximum absolute atomic E-state index is 6.04. The van der Waals surface area contributed by atoms with Gasteiger partial charge in [-0.25, -0.2) is 0 Å². The molecule has 0 amide bonds. The van der Waals surface area contributed by atoms with E-state index in [4.69, 9.17) is 11.6 Å². The highest BCUT2D eigenvalue weighted by Gasteiger charge is 2.08. The van der Waals surface area contributed by atoms with Crippen LogP contribution >= 0.6 is 11.6 Å². The van der Waals surface area contributed by atoms with Crippen molar-refractivity contribution in [3.63, 3.8) is 0 Å². The summed E-state index contributed by atoms with van der Waals surface area (Å²) in [7, 11) is 1.77. The maximum Gasteiger partial charge on any atom is 0.191 e. The van der Waals surface area contributed by atoms with E-state index >= 15 is 0 Å². The minimum Gasteiger partial charge on any atom is -0.356 e. The van der Waals surface area contributed by atoms with Gasteiger partial charge in [0, 0.05) is 30.5 Å². The first kappa shape index (κ1) is 17.3. The molecule has 0 aliphatic carbocycles. The number of hydrogen-bond acceptors (Lipinski definition) is 2. The molecule has 23 heavy (non-hydrogen) atoms. The van der Waals surface area contributed by atoms with E-state index in [-0.39, 0.29) is 6.04 Å². The van der Waals surface area contributed by atoms with Crippen LogP contribution < -0.4 is 10.6 Å². The Kier molecular flexibility index (Phi) is 6.41. The lowest BCUT2D eigenvalue weighted by molar-refractivity contribution is 0.684. The minimum absolute atomic E-state index is 0.126. The van der Waals surface area contributed by atoms with Gasteiger partial charge in [0.1, 0.15) is 0 Å². The minimum atomic E-state index is 0.126. The summed E-state index contributed by atoms with van der Waals surface area (Å²) in [6.45, 7) is 4.88. The third kappa shape index (κ3) is 5.57. The van der Waals surface area contributed by atoms with Crippen LogP contribution in [0.4, 0.5) is 0 Å². The van der Waals surface area contributed by atoms with Gasteiger partial charge in [0.25, 0.3) is 0 Å². The third-order valence-electron chi connectivity index (χ3n) is 3.60. The smallest absolute Gasteiger partial charge is 0.191 e. The number of aromatic nitrogens is 1. The first-order valence-corrected chi connectivity index (χ1v) is 8.10. The summed E-state index contributed by atoms with van der Waals surface area (Å²) in [5.41, 5.74) is 3.37. The van der Waals surface area contributed by atoms with Crippen molar-refractivity contribution in [2.75, 3.05) is 13.6 Å². The van der Waals surface area contributed by atoms with E-state index in [1.54, 1.807) is 7.05 Å². The lowest BCUT2D eigenvalue weighted by Gasteiger charge is -2.18. The molecular formula is C18H23ClN4. The van der Waals surface area contributed by atoms with Gasteiger partial charge in [0.15, 0.2) is 5.96 Å². The van der Waals surface area contributed by atoms with E-state index in [0.29, 0.717) is 0 Å². The number of guanidine groups is 1. The molecule has 2 N–H and O–H groups in total. The lowest BCUT2D eigenvalue weighted by Crippen LogP contribution is -2.39. The molecule has 4 nitrogen and oxygen atoms in total. The number of nitrogens with zero attached hydrogens (tertiary/aromatic N) is 2. The van der Waals surface area contributed by atoms with Gasteiger partial charge in [-0.2, -0.15) is 0 Å². The van der Waals surface area contributed by atoms with Crippen molar-refractivity contribution in [2.45, 2.75) is 26.3 Å². The van der Waals surface area contributed by atoms with E-state index in [9.17, 15) is 0 Å². The second-order valence-corrected chi connectivity index (χ2v) is 5.91.